The fraction of sp³-hybridized carbons (Fsp3) is 0.667. The van der Waals surface area contributed by atoms with Crippen LogP contribution in [0.2, 0.25) is 0 Å². The maximum Gasteiger partial charge on any atom is 0.306 e. The molecule has 1 fully saturated rings. The second-order valence-electron chi connectivity index (χ2n) is 7.97. The fourth-order valence-electron chi connectivity index (χ4n) is 3.53. The van der Waals surface area contributed by atoms with Crippen molar-refractivity contribution >= 4 is 16.0 Å². The van der Waals surface area contributed by atoms with Crippen LogP contribution in [0.15, 0.2) is 29.2 Å². The number of unbranched alkanes of at least 4 members (excludes halogenated alkanes) is 1. The third kappa shape index (κ3) is 7.54. The molecule has 1 aliphatic heterocycles. The Morgan fingerprint density at radius 1 is 1.27 bits per heavy atom. The van der Waals surface area contributed by atoms with E-state index in [-0.39, 0.29) is 17.5 Å². The van der Waals surface area contributed by atoms with Gasteiger partial charge in [0.2, 0.25) is 10.0 Å². The minimum absolute atomic E-state index is 0.235. The molecule has 1 aliphatic rings. The number of ether oxygens (including phenoxy) is 1. The lowest BCUT2D eigenvalue weighted by Crippen LogP contribution is -2.47. The van der Waals surface area contributed by atoms with Gasteiger partial charge in [0.25, 0.3) is 0 Å². The van der Waals surface area contributed by atoms with E-state index in [1.807, 2.05) is 6.92 Å². The summed E-state index contributed by atoms with van der Waals surface area (Å²) in [4.78, 5) is 11.6. The van der Waals surface area contributed by atoms with Crippen molar-refractivity contribution in [3.05, 3.63) is 24.3 Å². The maximum absolute atomic E-state index is 13.2. The lowest BCUT2D eigenvalue weighted by atomic mass is 9.90. The van der Waals surface area contributed by atoms with Crippen LogP contribution in [-0.4, -0.2) is 48.2 Å². The summed E-state index contributed by atoms with van der Waals surface area (Å²) in [5.41, 5.74) is 0. The normalized spacial score (nSPS) is 19.8. The van der Waals surface area contributed by atoms with Gasteiger partial charge in [-0.1, -0.05) is 33.6 Å². The van der Waals surface area contributed by atoms with Gasteiger partial charge in [0.15, 0.2) is 0 Å². The van der Waals surface area contributed by atoms with Gasteiger partial charge in [0.1, 0.15) is 5.75 Å². The molecule has 2 atom stereocenters. The van der Waals surface area contributed by atoms with Crippen LogP contribution in [0.3, 0.4) is 0 Å². The molecule has 172 valence electrons. The number of nitrogens with two attached hydrogens (primary N) is 1. The van der Waals surface area contributed by atoms with Crippen molar-refractivity contribution in [1.29, 1.82) is 0 Å². The molecule has 1 aromatic rings. The molecule has 4 N–H and O–H groups in total. The Morgan fingerprint density at radius 3 is 2.43 bits per heavy atom. The molecular weight excluding hydrogens is 408 g/mol. The minimum Gasteiger partial charge on any atom is -0.494 e. The molecule has 1 saturated heterocycles. The molecule has 0 spiro atoms. The maximum atomic E-state index is 13.2. The highest BCUT2D eigenvalue weighted by atomic mass is 32.2. The summed E-state index contributed by atoms with van der Waals surface area (Å²) in [7, 11) is -3.66. The van der Waals surface area contributed by atoms with Crippen molar-refractivity contribution in [2.75, 3.05) is 13.2 Å². The van der Waals surface area contributed by atoms with Crippen molar-refractivity contribution in [2.45, 2.75) is 70.2 Å². The lowest BCUT2D eigenvalue weighted by Gasteiger charge is -2.37. The number of carboxylic acids is 1. The van der Waals surface area contributed by atoms with Crippen molar-refractivity contribution in [2.24, 2.45) is 17.7 Å². The molecule has 30 heavy (non-hydrogen) atoms. The first-order chi connectivity index (χ1) is 14.3. The van der Waals surface area contributed by atoms with Crippen molar-refractivity contribution < 1.29 is 28.3 Å². The summed E-state index contributed by atoms with van der Waals surface area (Å²) in [6, 6.07) is 6.29. The Hall–Kier alpha value is -1.68. The summed E-state index contributed by atoms with van der Waals surface area (Å²) >= 11 is 0. The van der Waals surface area contributed by atoms with Crippen LogP contribution in [0.1, 0.15) is 59.3 Å². The van der Waals surface area contributed by atoms with Crippen LogP contribution < -0.4 is 10.6 Å². The number of sulfonamides is 1. The zero-order chi connectivity index (χ0) is 22.7. The summed E-state index contributed by atoms with van der Waals surface area (Å²) < 4.78 is 33.6. The highest BCUT2D eigenvalue weighted by Crippen LogP contribution is 2.32. The fourth-order valence-corrected chi connectivity index (χ4v) is 5.21. The first-order valence-corrected chi connectivity index (χ1v) is 11.9. The molecule has 8 nitrogen and oxygen atoms in total. The molecule has 0 radical (unpaired) electrons. The van der Waals surface area contributed by atoms with E-state index in [0.29, 0.717) is 37.5 Å². The average Bonchev–Trinajstić information content (AvgIpc) is 2.73. The second kappa shape index (κ2) is 12.9. The molecule has 2 unspecified atom stereocenters. The first kappa shape index (κ1) is 26.4. The van der Waals surface area contributed by atoms with Crippen molar-refractivity contribution in [3.63, 3.8) is 0 Å². The number of hydrogen-bond acceptors (Lipinski definition) is 6. The van der Waals surface area contributed by atoms with E-state index in [1.165, 1.54) is 4.31 Å². The van der Waals surface area contributed by atoms with Gasteiger partial charge < -0.3 is 15.1 Å². The van der Waals surface area contributed by atoms with E-state index in [1.54, 1.807) is 24.3 Å². The zero-order valence-corrected chi connectivity index (χ0v) is 19.0. The highest BCUT2D eigenvalue weighted by molar-refractivity contribution is 7.89. The standard InChI is InChI=1S/C21H33NO5S.H3NO/c1-4-5-6-18-15-17(21(23)24)11-13-22(18)28(25,26)20-9-7-19(8-10-20)27-14-12-16(2)3;1-2/h7-10,16-18H,4-6,11-15H2,1-3H3,(H,23,24);2H,1H2. The highest BCUT2D eigenvalue weighted by Gasteiger charge is 2.38. The molecule has 0 saturated carbocycles. The average molecular weight is 445 g/mol. The number of aliphatic carboxylic acids is 1. The number of carbonyl (C=O) groups is 1. The third-order valence-electron chi connectivity index (χ3n) is 5.30. The smallest absolute Gasteiger partial charge is 0.306 e. The summed E-state index contributed by atoms with van der Waals surface area (Å²) in [5.74, 6) is 3.41. The number of piperidine rings is 1. The second-order valence-corrected chi connectivity index (χ2v) is 9.86. The lowest BCUT2D eigenvalue weighted by molar-refractivity contribution is -0.143. The van der Waals surface area contributed by atoms with E-state index in [0.717, 1.165) is 19.3 Å². The van der Waals surface area contributed by atoms with Crippen LogP contribution in [0, 0.1) is 11.8 Å². The van der Waals surface area contributed by atoms with Gasteiger partial charge >= 0.3 is 5.97 Å². The van der Waals surface area contributed by atoms with Gasteiger partial charge in [-0.15, -0.1) is 0 Å². The predicted octanol–water partition coefficient (Wildman–Crippen LogP) is 3.49. The van der Waals surface area contributed by atoms with Gasteiger partial charge in [-0.2, -0.15) is 4.31 Å². The molecule has 1 heterocycles. The Kier molecular flexibility index (Phi) is 11.3. The van der Waals surface area contributed by atoms with Crippen LogP contribution in [0.4, 0.5) is 0 Å². The topological polar surface area (TPSA) is 130 Å². The van der Waals surface area contributed by atoms with Crippen LogP contribution >= 0.6 is 0 Å². The number of hydrogen-bond donors (Lipinski definition) is 3. The quantitative estimate of drug-likeness (QED) is 0.471. The summed E-state index contributed by atoms with van der Waals surface area (Å²) in [5, 5.41) is 15.8. The first-order valence-electron chi connectivity index (χ1n) is 10.5. The molecule has 9 heteroatoms. The molecule has 0 bridgehead atoms. The summed E-state index contributed by atoms with van der Waals surface area (Å²) in [6.45, 7) is 7.16. The molecule has 2 rings (SSSR count). The van der Waals surface area contributed by atoms with E-state index in [2.05, 4.69) is 19.7 Å². The molecule has 0 amide bonds. The number of carboxylic acid groups (broad SMARTS) is 1. The Labute approximate surface area is 180 Å². The third-order valence-corrected chi connectivity index (χ3v) is 7.26. The van der Waals surface area contributed by atoms with Gasteiger partial charge in [0, 0.05) is 12.6 Å². The van der Waals surface area contributed by atoms with Gasteiger partial charge in [-0.3, -0.25) is 4.79 Å². The van der Waals surface area contributed by atoms with Gasteiger partial charge in [0.05, 0.1) is 17.4 Å². The number of nitrogens with zero attached hydrogens (tertiary/aromatic N) is 1. The van der Waals surface area contributed by atoms with E-state index < -0.39 is 21.9 Å². The molecule has 1 aromatic carbocycles. The Bertz CT molecular complexity index is 736. The predicted molar refractivity (Wildman–Crippen MR) is 115 cm³/mol. The van der Waals surface area contributed by atoms with Crippen LogP contribution in [-0.2, 0) is 14.8 Å². The molecule has 0 aromatic heterocycles. The van der Waals surface area contributed by atoms with Crippen molar-refractivity contribution in [1.82, 2.24) is 4.31 Å². The molecular formula is C21H36N2O6S. The van der Waals surface area contributed by atoms with Gasteiger partial charge in [-0.05, 0) is 55.9 Å². The van der Waals surface area contributed by atoms with Gasteiger partial charge in [-0.25, -0.2) is 14.3 Å². The largest absolute Gasteiger partial charge is 0.494 e. The number of rotatable bonds is 10. The molecule has 0 aliphatic carbocycles. The SMILES string of the molecule is CCCCC1CC(C(=O)O)CCN1S(=O)(=O)c1ccc(OCCC(C)C)cc1.NO. The van der Waals surface area contributed by atoms with Crippen LogP contribution in [0.25, 0.3) is 0 Å². The van der Waals surface area contributed by atoms with Crippen molar-refractivity contribution in [3.8, 4) is 5.75 Å². The Morgan fingerprint density at radius 2 is 1.90 bits per heavy atom. The Balaban J connectivity index is 0.00000218. The van der Waals surface area contributed by atoms with Crippen LogP contribution in [0.5, 0.6) is 5.75 Å². The van der Waals surface area contributed by atoms with E-state index in [4.69, 9.17) is 9.94 Å². The zero-order valence-electron chi connectivity index (χ0n) is 18.2. The monoisotopic (exact) mass is 444 g/mol. The number of benzene rings is 1. The van der Waals surface area contributed by atoms with E-state index in [9.17, 15) is 18.3 Å². The minimum atomic E-state index is -3.66. The van der Waals surface area contributed by atoms with E-state index >= 15 is 0 Å². The summed E-state index contributed by atoms with van der Waals surface area (Å²) in [6.07, 6.45) is 4.20.